The van der Waals surface area contributed by atoms with Crippen LogP contribution in [-0.4, -0.2) is 29.8 Å². The van der Waals surface area contributed by atoms with Crippen LogP contribution in [-0.2, 0) is 4.79 Å². The average Bonchev–Trinajstić information content (AvgIpc) is 3.28. The average molecular weight is 389 g/mol. The zero-order chi connectivity index (χ0) is 20.0. The summed E-state index contributed by atoms with van der Waals surface area (Å²) in [5.41, 5.74) is 1.86. The summed E-state index contributed by atoms with van der Waals surface area (Å²) < 4.78 is 0. The second-order valence-corrected chi connectivity index (χ2v) is 8.14. The molecular formula is C23H23N3O3. The van der Waals surface area contributed by atoms with Crippen LogP contribution in [0.2, 0.25) is 0 Å². The normalized spacial score (nSPS) is 25.7. The Balaban J connectivity index is 1.33. The van der Waals surface area contributed by atoms with Gasteiger partial charge in [-0.05, 0) is 55.5 Å². The van der Waals surface area contributed by atoms with Crippen molar-refractivity contribution in [3.05, 3.63) is 59.7 Å². The Labute approximate surface area is 169 Å². The molecule has 1 aliphatic carbocycles. The fraction of sp³-hybridized carbons (Fsp3) is 0.348. The molecule has 3 unspecified atom stereocenters. The molecule has 5 rings (SSSR count). The van der Waals surface area contributed by atoms with Gasteiger partial charge in [0, 0.05) is 11.7 Å². The van der Waals surface area contributed by atoms with Crippen molar-refractivity contribution in [1.82, 2.24) is 5.32 Å². The number of rotatable bonds is 3. The first-order valence-electron chi connectivity index (χ1n) is 10.3. The zero-order valence-corrected chi connectivity index (χ0v) is 16.1. The number of hydrogen-bond acceptors (Lipinski definition) is 4. The number of benzene rings is 2. The van der Waals surface area contributed by atoms with E-state index in [0.29, 0.717) is 34.5 Å². The lowest BCUT2D eigenvalue weighted by Gasteiger charge is -2.24. The zero-order valence-electron chi connectivity index (χ0n) is 16.1. The summed E-state index contributed by atoms with van der Waals surface area (Å²) >= 11 is 0. The molecule has 3 amide bonds. The highest BCUT2D eigenvalue weighted by molar-refractivity contribution is 6.34. The number of imide groups is 1. The third-order valence-electron chi connectivity index (χ3n) is 6.35. The predicted octanol–water partition coefficient (Wildman–Crippen LogP) is 3.35. The highest BCUT2D eigenvalue weighted by atomic mass is 16.2. The molecule has 6 heteroatoms. The van der Waals surface area contributed by atoms with E-state index >= 15 is 0 Å². The minimum absolute atomic E-state index is 0.0566. The van der Waals surface area contributed by atoms with E-state index in [-0.39, 0.29) is 23.8 Å². The topological polar surface area (TPSA) is 78.5 Å². The summed E-state index contributed by atoms with van der Waals surface area (Å²) in [4.78, 5) is 39.4. The van der Waals surface area contributed by atoms with Gasteiger partial charge in [-0.1, -0.05) is 31.0 Å². The first-order chi connectivity index (χ1) is 14.1. The van der Waals surface area contributed by atoms with Crippen LogP contribution < -0.4 is 15.5 Å². The van der Waals surface area contributed by atoms with E-state index in [1.165, 1.54) is 24.2 Å². The fourth-order valence-corrected chi connectivity index (χ4v) is 4.90. The summed E-state index contributed by atoms with van der Waals surface area (Å²) in [7, 11) is 0. The Morgan fingerprint density at radius 2 is 1.69 bits per heavy atom. The van der Waals surface area contributed by atoms with Gasteiger partial charge in [0.05, 0.1) is 22.9 Å². The standard InChI is InChI=1S/C23H23N3O3/c27-21(20-12-14-6-1-4-11-19(14)25-20)24-15-7-5-8-16(13-15)26-22(28)17-9-2-3-10-18(17)23(26)29/h2-3,5,7-10,13-14,19-20,25H,1,4,6,11-12H2,(H,24,27). The number of anilines is 2. The van der Waals surface area contributed by atoms with Crippen LogP contribution in [0.15, 0.2) is 48.5 Å². The number of nitrogens with zero attached hydrogens (tertiary/aromatic N) is 1. The van der Waals surface area contributed by atoms with Crippen LogP contribution in [0.3, 0.4) is 0 Å². The Bertz CT molecular complexity index is 953. The third kappa shape index (κ3) is 3.13. The largest absolute Gasteiger partial charge is 0.325 e. The van der Waals surface area contributed by atoms with Gasteiger partial charge in [0.2, 0.25) is 5.91 Å². The molecule has 0 aromatic heterocycles. The molecule has 1 saturated heterocycles. The summed E-state index contributed by atoms with van der Waals surface area (Å²) in [5, 5.41) is 6.44. The van der Waals surface area contributed by atoms with E-state index in [9.17, 15) is 14.4 Å². The molecule has 29 heavy (non-hydrogen) atoms. The molecule has 0 spiro atoms. The SMILES string of the molecule is O=C(Nc1cccc(N2C(=O)c3ccccc3C2=O)c1)C1CC2CCCCC2N1. The molecule has 148 valence electrons. The Morgan fingerprint density at radius 3 is 2.41 bits per heavy atom. The second kappa shape index (κ2) is 7.12. The lowest BCUT2D eigenvalue weighted by molar-refractivity contribution is -0.117. The molecule has 0 bridgehead atoms. The number of fused-ring (bicyclic) bond motifs is 2. The molecule has 2 N–H and O–H groups in total. The molecule has 3 atom stereocenters. The minimum Gasteiger partial charge on any atom is -0.325 e. The molecule has 6 nitrogen and oxygen atoms in total. The summed E-state index contributed by atoms with van der Waals surface area (Å²) in [5.74, 6) is -0.144. The van der Waals surface area contributed by atoms with Crippen LogP contribution in [0.1, 0.15) is 52.8 Å². The van der Waals surface area contributed by atoms with E-state index in [1.807, 2.05) is 0 Å². The summed E-state index contributed by atoms with van der Waals surface area (Å²) in [6.07, 6.45) is 5.68. The van der Waals surface area contributed by atoms with Crippen LogP contribution in [0.5, 0.6) is 0 Å². The van der Waals surface area contributed by atoms with Gasteiger partial charge in [0.15, 0.2) is 0 Å². The molecule has 2 aromatic carbocycles. The van der Waals surface area contributed by atoms with Crippen molar-refractivity contribution in [3.63, 3.8) is 0 Å². The van der Waals surface area contributed by atoms with Gasteiger partial charge in [0.1, 0.15) is 0 Å². The Morgan fingerprint density at radius 1 is 0.966 bits per heavy atom. The maximum absolute atomic E-state index is 12.8. The second-order valence-electron chi connectivity index (χ2n) is 8.14. The van der Waals surface area contributed by atoms with Crippen molar-refractivity contribution < 1.29 is 14.4 Å². The van der Waals surface area contributed by atoms with Crippen LogP contribution in [0, 0.1) is 5.92 Å². The highest BCUT2D eigenvalue weighted by Gasteiger charge is 2.39. The molecular weight excluding hydrogens is 366 g/mol. The fourth-order valence-electron chi connectivity index (χ4n) is 4.90. The van der Waals surface area contributed by atoms with Gasteiger partial charge in [0.25, 0.3) is 11.8 Å². The maximum atomic E-state index is 12.8. The van der Waals surface area contributed by atoms with Crippen molar-refractivity contribution in [1.29, 1.82) is 0 Å². The van der Waals surface area contributed by atoms with Crippen LogP contribution >= 0.6 is 0 Å². The van der Waals surface area contributed by atoms with Crippen LogP contribution in [0.25, 0.3) is 0 Å². The van der Waals surface area contributed by atoms with Crippen molar-refractivity contribution in [2.75, 3.05) is 10.2 Å². The lowest BCUT2D eigenvalue weighted by atomic mass is 9.85. The number of nitrogens with one attached hydrogen (secondary N) is 2. The molecule has 2 aromatic rings. The van der Waals surface area contributed by atoms with Crippen LogP contribution in [0.4, 0.5) is 11.4 Å². The van der Waals surface area contributed by atoms with Gasteiger partial charge in [-0.3, -0.25) is 14.4 Å². The molecule has 2 fully saturated rings. The van der Waals surface area contributed by atoms with E-state index in [4.69, 9.17) is 0 Å². The molecule has 2 heterocycles. The van der Waals surface area contributed by atoms with Crippen molar-refractivity contribution in [2.24, 2.45) is 5.92 Å². The predicted molar refractivity (Wildman–Crippen MR) is 110 cm³/mol. The van der Waals surface area contributed by atoms with Crippen molar-refractivity contribution >= 4 is 29.1 Å². The maximum Gasteiger partial charge on any atom is 0.266 e. The number of amides is 3. The first kappa shape index (κ1) is 18.1. The molecule has 1 saturated carbocycles. The number of hydrogen-bond donors (Lipinski definition) is 2. The van der Waals surface area contributed by atoms with E-state index in [0.717, 1.165) is 12.8 Å². The van der Waals surface area contributed by atoms with Crippen molar-refractivity contribution in [3.8, 4) is 0 Å². The lowest BCUT2D eigenvalue weighted by Crippen LogP contribution is -2.39. The summed E-state index contributed by atoms with van der Waals surface area (Å²) in [6.45, 7) is 0. The van der Waals surface area contributed by atoms with Gasteiger partial charge in [-0.25, -0.2) is 4.90 Å². The quantitative estimate of drug-likeness (QED) is 0.789. The van der Waals surface area contributed by atoms with E-state index in [2.05, 4.69) is 10.6 Å². The minimum atomic E-state index is -0.337. The van der Waals surface area contributed by atoms with Gasteiger partial charge in [-0.15, -0.1) is 0 Å². The molecule has 2 aliphatic heterocycles. The Kier molecular flexibility index (Phi) is 4.43. The smallest absolute Gasteiger partial charge is 0.266 e. The van der Waals surface area contributed by atoms with Gasteiger partial charge in [-0.2, -0.15) is 0 Å². The monoisotopic (exact) mass is 389 g/mol. The van der Waals surface area contributed by atoms with E-state index < -0.39 is 0 Å². The Hall–Kier alpha value is -2.99. The highest BCUT2D eigenvalue weighted by Crippen LogP contribution is 2.34. The number of carbonyl (C=O) groups excluding carboxylic acids is 3. The molecule has 3 aliphatic rings. The summed E-state index contributed by atoms with van der Waals surface area (Å²) in [6, 6.07) is 14.0. The van der Waals surface area contributed by atoms with Crippen molar-refractivity contribution in [2.45, 2.75) is 44.2 Å². The number of carbonyl (C=O) groups is 3. The third-order valence-corrected chi connectivity index (χ3v) is 6.35. The first-order valence-corrected chi connectivity index (χ1v) is 10.3. The molecule has 0 radical (unpaired) electrons. The van der Waals surface area contributed by atoms with E-state index in [1.54, 1.807) is 48.5 Å². The van der Waals surface area contributed by atoms with Gasteiger partial charge < -0.3 is 10.6 Å². The van der Waals surface area contributed by atoms with Gasteiger partial charge >= 0.3 is 0 Å².